The molecule has 0 aliphatic rings. The lowest BCUT2D eigenvalue weighted by Gasteiger charge is -2.29. The first-order valence-corrected chi connectivity index (χ1v) is 13.0. The van der Waals surface area contributed by atoms with Gasteiger partial charge in [0, 0.05) is 36.6 Å². The maximum absolute atomic E-state index is 13.1. The predicted octanol–water partition coefficient (Wildman–Crippen LogP) is 4.01. The second kappa shape index (κ2) is 11.7. The van der Waals surface area contributed by atoms with Crippen LogP contribution in [-0.4, -0.2) is 51.0 Å². The molecule has 0 aliphatic heterocycles. The molecular formula is C23H29Cl2N3O4S. The van der Waals surface area contributed by atoms with Crippen LogP contribution in [0.3, 0.4) is 0 Å². The molecule has 0 unspecified atom stereocenters. The number of carbonyl (C=O) groups is 2. The second-order valence-electron chi connectivity index (χ2n) is 7.77. The first kappa shape index (κ1) is 27.0. The van der Waals surface area contributed by atoms with Crippen molar-refractivity contribution in [3.63, 3.8) is 0 Å². The van der Waals surface area contributed by atoms with Crippen LogP contribution in [0.1, 0.15) is 30.9 Å². The van der Waals surface area contributed by atoms with Crippen molar-refractivity contribution in [2.24, 2.45) is 0 Å². The van der Waals surface area contributed by atoms with Crippen LogP contribution in [-0.2, 0) is 26.2 Å². The molecule has 0 aromatic heterocycles. The Kier molecular flexibility index (Phi) is 9.57. The van der Waals surface area contributed by atoms with E-state index in [1.165, 1.54) is 16.3 Å². The monoisotopic (exact) mass is 513 g/mol. The van der Waals surface area contributed by atoms with E-state index in [9.17, 15) is 18.0 Å². The second-order valence-corrected chi connectivity index (χ2v) is 10.5. The highest BCUT2D eigenvalue weighted by Gasteiger charge is 2.27. The Bertz CT molecular complexity index is 1110. The minimum absolute atomic E-state index is 0.0600. The number of nitrogens with one attached hydrogen (secondary N) is 1. The molecular weight excluding hydrogens is 485 g/mol. The van der Waals surface area contributed by atoms with Gasteiger partial charge in [-0.05, 0) is 49.6 Å². The van der Waals surface area contributed by atoms with E-state index in [4.69, 9.17) is 23.2 Å². The van der Waals surface area contributed by atoms with E-state index in [1.54, 1.807) is 37.3 Å². The molecule has 2 aromatic rings. The van der Waals surface area contributed by atoms with E-state index in [1.807, 2.05) is 19.1 Å². The molecule has 2 aromatic carbocycles. The average molecular weight is 514 g/mol. The fourth-order valence-electron chi connectivity index (χ4n) is 3.45. The molecule has 0 saturated heterocycles. The summed E-state index contributed by atoms with van der Waals surface area (Å²) in [6.45, 7) is 3.73. The summed E-state index contributed by atoms with van der Waals surface area (Å²) in [6, 6.07) is 11.4. The zero-order valence-electron chi connectivity index (χ0n) is 19.1. The van der Waals surface area contributed by atoms with Gasteiger partial charge in [0.25, 0.3) is 0 Å². The molecule has 33 heavy (non-hydrogen) atoms. The molecule has 0 bridgehead atoms. The van der Waals surface area contributed by atoms with Crippen LogP contribution >= 0.6 is 23.2 Å². The molecule has 10 heteroatoms. The van der Waals surface area contributed by atoms with Crippen molar-refractivity contribution in [3.05, 3.63) is 63.6 Å². The van der Waals surface area contributed by atoms with Gasteiger partial charge in [0.15, 0.2) is 0 Å². The average Bonchev–Trinajstić information content (AvgIpc) is 2.75. The third-order valence-electron chi connectivity index (χ3n) is 5.31. The summed E-state index contributed by atoms with van der Waals surface area (Å²) in [6.07, 6.45) is 1.49. The van der Waals surface area contributed by atoms with Crippen molar-refractivity contribution in [2.75, 3.05) is 24.2 Å². The molecule has 2 amide bonds. The van der Waals surface area contributed by atoms with Crippen molar-refractivity contribution >= 4 is 50.7 Å². The Balaban J connectivity index is 2.19. The van der Waals surface area contributed by atoms with Gasteiger partial charge in [-0.25, -0.2) is 8.42 Å². The van der Waals surface area contributed by atoms with Gasteiger partial charge in [-0.15, -0.1) is 0 Å². The minimum Gasteiger partial charge on any atom is -0.357 e. The van der Waals surface area contributed by atoms with E-state index < -0.39 is 16.1 Å². The lowest BCUT2D eigenvalue weighted by molar-refractivity contribution is -0.140. The summed E-state index contributed by atoms with van der Waals surface area (Å²) in [4.78, 5) is 26.8. The van der Waals surface area contributed by atoms with Crippen LogP contribution in [0.5, 0.6) is 0 Å². The van der Waals surface area contributed by atoms with Crippen molar-refractivity contribution in [1.82, 2.24) is 10.2 Å². The summed E-state index contributed by atoms with van der Waals surface area (Å²) in [5.41, 5.74) is 2.06. The number of benzene rings is 2. The number of sulfonamides is 1. The lowest BCUT2D eigenvalue weighted by Crippen LogP contribution is -2.46. The highest BCUT2D eigenvalue weighted by atomic mass is 35.5. The fourth-order valence-corrected chi connectivity index (χ4v) is 4.94. The van der Waals surface area contributed by atoms with Gasteiger partial charge >= 0.3 is 0 Å². The number of amides is 2. The molecule has 1 N–H and O–H groups in total. The fraction of sp³-hybridized carbons (Fsp3) is 0.391. The van der Waals surface area contributed by atoms with Gasteiger partial charge in [0.1, 0.15) is 6.04 Å². The number of anilines is 1. The van der Waals surface area contributed by atoms with Gasteiger partial charge in [-0.2, -0.15) is 0 Å². The van der Waals surface area contributed by atoms with E-state index in [2.05, 4.69) is 5.32 Å². The van der Waals surface area contributed by atoms with Gasteiger partial charge in [0.05, 0.1) is 11.9 Å². The third-order valence-corrected chi connectivity index (χ3v) is 7.07. The summed E-state index contributed by atoms with van der Waals surface area (Å²) in [7, 11) is -2.03. The normalized spacial score (nSPS) is 12.2. The topological polar surface area (TPSA) is 86.8 Å². The Morgan fingerprint density at radius 3 is 2.36 bits per heavy atom. The number of rotatable bonds is 10. The summed E-state index contributed by atoms with van der Waals surface area (Å²) in [5, 5.41) is 3.42. The van der Waals surface area contributed by atoms with Crippen LogP contribution in [0, 0.1) is 6.92 Å². The molecule has 1 atom stereocenters. The smallest absolute Gasteiger partial charge is 0.242 e. The number of hydrogen-bond acceptors (Lipinski definition) is 4. The highest BCUT2D eigenvalue weighted by molar-refractivity contribution is 7.92. The van der Waals surface area contributed by atoms with Gasteiger partial charge in [-0.1, -0.05) is 47.5 Å². The lowest BCUT2D eigenvalue weighted by atomic mass is 10.1. The number of hydrogen-bond donors (Lipinski definition) is 1. The number of para-hydroxylation sites is 1. The van der Waals surface area contributed by atoms with Crippen LogP contribution < -0.4 is 9.62 Å². The number of halogens is 2. The Labute approximate surface area is 205 Å². The molecule has 0 heterocycles. The van der Waals surface area contributed by atoms with E-state index in [0.29, 0.717) is 21.3 Å². The third kappa shape index (κ3) is 7.35. The van der Waals surface area contributed by atoms with Crippen LogP contribution in [0.4, 0.5) is 5.69 Å². The Hall–Kier alpha value is -2.29. The predicted molar refractivity (Wildman–Crippen MR) is 133 cm³/mol. The van der Waals surface area contributed by atoms with Crippen LogP contribution in [0.25, 0.3) is 0 Å². The van der Waals surface area contributed by atoms with Crippen molar-refractivity contribution in [2.45, 2.75) is 39.3 Å². The number of carbonyl (C=O) groups excluding carboxylic acids is 2. The largest absolute Gasteiger partial charge is 0.357 e. The van der Waals surface area contributed by atoms with Crippen LogP contribution in [0.15, 0.2) is 42.5 Å². The maximum Gasteiger partial charge on any atom is 0.242 e. The number of aryl methyl sites for hydroxylation is 1. The molecule has 180 valence electrons. The van der Waals surface area contributed by atoms with Gasteiger partial charge in [-0.3, -0.25) is 13.9 Å². The molecule has 7 nitrogen and oxygen atoms in total. The highest BCUT2D eigenvalue weighted by Crippen LogP contribution is 2.25. The van der Waals surface area contributed by atoms with E-state index in [-0.39, 0.29) is 37.7 Å². The Morgan fingerprint density at radius 2 is 1.79 bits per heavy atom. The minimum atomic E-state index is -3.54. The SMILES string of the molecule is CNC(=O)[C@@H](C)N(Cc1ccc(Cl)cc1Cl)C(=O)CCCN(c1ccccc1C)S(C)(=O)=O. The first-order chi connectivity index (χ1) is 15.5. The maximum atomic E-state index is 13.1. The summed E-state index contributed by atoms with van der Waals surface area (Å²) < 4.78 is 26.1. The van der Waals surface area contributed by atoms with Crippen molar-refractivity contribution in [1.29, 1.82) is 0 Å². The Morgan fingerprint density at radius 1 is 1.12 bits per heavy atom. The summed E-state index contributed by atoms with van der Waals surface area (Å²) in [5.74, 6) is -0.596. The van der Waals surface area contributed by atoms with Gasteiger partial charge in [0.2, 0.25) is 21.8 Å². The zero-order chi connectivity index (χ0) is 24.8. The standard InChI is InChI=1S/C23H29Cl2N3O4S/c1-16-8-5-6-9-21(16)28(33(4,31)32)13-7-10-22(29)27(17(2)23(30)26-3)15-18-11-12-19(24)14-20(18)25/h5-6,8-9,11-12,14,17H,7,10,13,15H2,1-4H3,(H,26,30)/t17-/m1/s1. The quantitative estimate of drug-likeness (QED) is 0.519. The first-order valence-electron chi connectivity index (χ1n) is 10.4. The van der Waals surface area contributed by atoms with Gasteiger partial charge < -0.3 is 10.2 Å². The van der Waals surface area contributed by atoms with E-state index >= 15 is 0 Å². The molecule has 0 saturated carbocycles. The molecule has 0 aliphatic carbocycles. The van der Waals surface area contributed by atoms with Crippen molar-refractivity contribution in [3.8, 4) is 0 Å². The number of nitrogens with zero attached hydrogens (tertiary/aromatic N) is 2. The van der Waals surface area contributed by atoms with Crippen LogP contribution in [0.2, 0.25) is 10.0 Å². The zero-order valence-corrected chi connectivity index (χ0v) is 21.5. The molecule has 0 fully saturated rings. The summed E-state index contributed by atoms with van der Waals surface area (Å²) >= 11 is 12.2. The number of likely N-dealkylation sites (N-methyl/N-ethyl adjacent to an activating group) is 1. The molecule has 0 spiro atoms. The van der Waals surface area contributed by atoms with E-state index in [0.717, 1.165) is 11.8 Å². The van der Waals surface area contributed by atoms with Crippen molar-refractivity contribution < 1.29 is 18.0 Å². The molecule has 2 rings (SSSR count). The molecule has 0 radical (unpaired) electrons.